The van der Waals surface area contributed by atoms with Crippen molar-refractivity contribution in [1.82, 2.24) is 10.3 Å². The van der Waals surface area contributed by atoms with E-state index >= 15 is 0 Å². The Bertz CT molecular complexity index is 718. The number of hydrogen-bond acceptors (Lipinski definition) is 3. The first-order valence-electron chi connectivity index (χ1n) is 6.72. The summed E-state index contributed by atoms with van der Waals surface area (Å²) < 4.78 is 0. The number of anilines is 2. The van der Waals surface area contributed by atoms with E-state index in [1.54, 1.807) is 35.2 Å². The number of nitrogens with one attached hydrogen (secondary N) is 2. The third kappa shape index (κ3) is 3.01. The Balaban J connectivity index is 1.71. The molecule has 22 heavy (non-hydrogen) atoms. The standard InChI is InChI=1S/C15H13ClN4O2/c16-13-9-10(5-6-17-13)14(21)19-11-1-3-12(4-2-11)20-8-7-18-15(20)22/h1-6,9H,7-8H2,(H,18,22)(H,19,21). The van der Waals surface area contributed by atoms with Crippen LogP contribution in [0.4, 0.5) is 16.2 Å². The topological polar surface area (TPSA) is 74.3 Å². The average molecular weight is 317 g/mol. The van der Waals surface area contributed by atoms with Gasteiger partial charge in [0, 0.05) is 36.2 Å². The summed E-state index contributed by atoms with van der Waals surface area (Å²) in [6.07, 6.45) is 1.48. The van der Waals surface area contributed by atoms with Gasteiger partial charge in [-0.3, -0.25) is 9.69 Å². The zero-order valence-corrected chi connectivity index (χ0v) is 12.3. The zero-order valence-electron chi connectivity index (χ0n) is 11.5. The Hall–Kier alpha value is -2.60. The van der Waals surface area contributed by atoms with Gasteiger partial charge in [-0.05, 0) is 36.4 Å². The zero-order chi connectivity index (χ0) is 15.5. The van der Waals surface area contributed by atoms with Crippen LogP contribution in [0.3, 0.4) is 0 Å². The van der Waals surface area contributed by atoms with Gasteiger partial charge >= 0.3 is 6.03 Å². The Labute approximate surface area is 132 Å². The number of carbonyl (C=O) groups is 2. The van der Waals surface area contributed by atoms with E-state index in [-0.39, 0.29) is 17.1 Å². The number of halogens is 1. The van der Waals surface area contributed by atoms with Crippen LogP contribution in [0.2, 0.25) is 5.15 Å². The molecule has 1 aliphatic heterocycles. The second-order valence-corrected chi connectivity index (χ2v) is 5.14. The molecule has 2 heterocycles. The number of nitrogens with zero attached hydrogens (tertiary/aromatic N) is 2. The maximum absolute atomic E-state index is 12.1. The second-order valence-electron chi connectivity index (χ2n) is 4.75. The quantitative estimate of drug-likeness (QED) is 0.854. The van der Waals surface area contributed by atoms with E-state index in [1.807, 2.05) is 0 Å². The average Bonchev–Trinajstić information content (AvgIpc) is 2.94. The maximum atomic E-state index is 12.1. The van der Waals surface area contributed by atoms with Crippen molar-refractivity contribution in [3.8, 4) is 0 Å². The minimum Gasteiger partial charge on any atom is -0.336 e. The summed E-state index contributed by atoms with van der Waals surface area (Å²) in [4.78, 5) is 29.1. The fourth-order valence-corrected chi connectivity index (χ4v) is 2.36. The van der Waals surface area contributed by atoms with Gasteiger partial charge in [-0.1, -0.05) is 11.6 Å². The molecule has 6 nitrogen and oxygen atoms in total. The molecule has 1 saturated heterocycles. The molecule has 112 valence electrons. The molecule has 2 aromatic rings. The summed E-state index contributed by atoms with van der Waals surface area (Å²) in [6, 6.07) is 10.1. The summed E-state index contributed by atoms with van der Waals surface area (Å²) in [5.74, 6) is -0.268. The predicted octanol–water partition coefficient (Wildman–Crippen LogP) is 2.52. The molecule has 0 aliphatic carbocycles. The SMILES string of the molecule is O=C(Nc1ccc(N2CCNC2=O)cc1)c1ccnc(Cl)c1. The molecule has 0 unspecified atom stereocenters. The molecule has 0 radical (unpaired) electrons. The number of hydrogen-bond donors (Lipinski definition) is 2. The van der Waals surface area contributed by atoms with Gasteiger partial charge in [-0.15, -0.1) is 0 Å². The van der Waals surface area contributed by atoms with Crippen LogP contribution in [-0.2, 0) is 0 Å². The number of aromatic nitrogens is 1. The van der Waals surface area contributed by atoms with Crippen molar-refractivity contribution in [2.24, 2.45) is 0 Å². The molecule has 0 spiro atoms. The molecule has 3 amide bonds. The van der Waals surface area contributed by atoms with Crippen molar-refractivity contribution in [1.29, 1.82) is 0 Å². The van der Waals surface area contributed by atoms with Crippen LogP contribution in [0.1, 0.15) is 10.4 Å². The van der Waals surface area contributed by atoms with Crippen molar-refractivity contribution in [3.63, 3.8) is 0 Å². The lowest BCUT2D eigenvalue weighted by molar-refractivity contribution is 0.102. The molecule has 1 aromatic heterocycles. The summed E-state index contributed by atoms with van der Waals surface area (Å²) in [7, 11) is 0. The maximum Gasteiger partial charge on any atom is 0.321 e. The van der Waals surface area contributed by atoms with E-state index < -0.39 is 0 Å². The first kappa shape index (κ1) is 14.3. The monoisotopic (exact) mass is 316 g/mol. The number of amides is 3. The number of urea groups is 1. The minimum atomic E-state index is -0.268. The predicted molar refractivity (Wildman–Crippen MR) is 84.4 cm³/mol. The lowest BCUT2D eigenvalue weighted by Gasteiger charge is -2.14. The molecule has 0 saturated carbocycles. The highest BCUT2D eigenvalue weighted by atomic mass is 35.5. The third-order valence-electron chi connectivity index (χ3n) is 3.28. The highest BCUT2D eigenvalue weighted by Crippen LogP contribution is 2.20. The van der Waals surface area contributed by atoms with E-state index in [0.29, 0.717) is 24.3 Å². The molecule has 1 aliphatic rings. The number of benzene rings is 1. The molecule has 1 aromatic carbocycles. The number of carbonyl (C=O) groups excluding carboxylic acids is 2. The van der Waals surface area contributed by atoms with Crippen molar-refractivity contribution >= 4 is 34.9 Å². The van der Waals surface area contributed by atoms with Gasteiger partial charge in [0.1, 0.15) is 5.15 Å². The lowest BCUT2D eigenvalue weighted by Crippen LogP contribution is -2.27. The van der Waals surface area contributed by atoms with Gasteiger partial charge in [-0.2, -0.15) is 0 Å². The van der Waals surface area contributed by atoms with Crippen molar-refractivity contribution < 1.29 is 9.59 Å². The minimum absolute atomic E-state index is 0.108. The smallest absolute Gasteiger partial charge is 0.321 e. The van der Waals surface area contributed by atoms with Crippen LogP contribution >= 0.6 is 11.6 Å². The Morgan fingerprint density at radius 1 is 1.27 bits per heavy atom. The van der Waals surface area contributed by atoms with Crippen molar-refractivity contribution in [3.05, 3.63) is 53.3 Å². The normalized spacial score (nSPS) is 13.9. The highest BCUT2D eigenvalue weighted by molar-refractivity contribution is 6.29. The van der Waals surface area contributed by atoms with Gasteiger partial charge in [-0.25, -0.2) is 9.78 Å². The summed E-state index contributed by atoms with van der Waals surface area (Å²) in [6.45, 7) is 1.28. The van der Waals surface area contributed by atoms with Crippen LogP contribution in [0, 0.1) is 0 Å². The second kappa shape index (κ2) is 6.03. The molecule has 2 N–H and O–H groups in total. The van der Waals surface area contributed by atoms with Gasteiger partial charge in [0.15, 0.2) is 0 Å². The van der Waals surface area contributed by atoms with Gasteiger partial charge in [0.05, 0.1) is 0 Å². The molecule has 0 atom stereocenters. The van der Waals surface area contributed by atoms with Gasteiger partial charge < -0.3 is 10.6 Å². The Morgan fingerprint density at radius 2 is 2.05 bits per heavy atom. The summed E-state index contributed by atoms with van der Waals surface area (Å²) in [5, 5.41) is 5.78. The molecule has 1 fully saturated rings. The van der Waals surface area contributed by atoms with Gasteiger partial charge in [0.25, 0.3) is 5.91 Å². The fraction of sp³-hybridized carbons (Fsp3) is 0.133. The third-order valence-corrected chi connectivity index (χ3v) is 3.49. The van der Waals surface area contributed by atoms with E-state index in [1.165, 1.54) is 12.3 Å². The molecule has 7 heteroatoms. The summed E-state index contributed by atoms with van der Waals surface area (Å²) >= 11 is 5.76. The molecule has 3 rings (SSSR count). The largest absolute Gasteiger partial charge is 0.336 e. The first-order chi connectivity index (χ1) is 10.6. The summed E-state index contributed by atoms with van der Waals surface area (Å²) in [5.41, 5.74) is 1.87. The highest BCUT2D eigenvalue weighted by Gasteiger charge is 2.20. The Kier molecular flexibility index (Phi) is 3.93. The first-order valence-corrected chi connectivity index (χ1v) is 7.09. The van der Waals surface area contributed by atoms with Gasteiger partial charge in [0.2, 0.25) is 0 Å². The molecular formula is C15H13ClN4O2. The van der Waals surface area contributed by atoms with E-state index in [2.05, 4.69) is 15.6 Å². The number of pyridine rings is 1. The lowest BCUT2D eigenvalue weighted by atomic mass is 10.2. The van der Waals surface area contributed by atoms with Crippen molar-refractivity contribution in [2.75, 3.05) is 23.3 Å². The molecular weight excluding hydrogens is 304 g/mol. The van der Waals surface area contributed by atoms with Crippen LogP contribution < -0.4 is 15.5 Å². The van der Waals surface area contributed by atoms with Crippen LogP contribution in [-0.4, -0.2) is 30.0 Å². The van der Waals surface area contributed by atoms with E-state index in [0.717, 1.165) is 5.69 Å². The Morgan fingerprint density at radius 3 is 2.68 bits per heavy atom. The fourth-order valence-electron chi connectivity index (χ4n) is 2.19. The van der Waals surface area contributed by atoms with Crippen molar-refractivity contribution in [2.45, 2.75) is 0 Å². The van der Waals surface area contributed by atoms with Crippen LogP contribution in [0.25, 0.3) is 0 Å². The number of rotatable bonds is 3. The molecule has 0 bridgehead atoms. The van der Waals surface area contributed by atoms with Crippen LogP contribution in [0.15, 0.2) is 42.6 Å². The van der Waals surface area contributed by atoms with Crippen LogP contribution in [0.5, 0.6) is 0 Å². The van der Waals surface area contributed by atoms with E-state index in [9.17, 15) is 9.59 Å². The van der Waals surface area contributed by atoms with E-state index in [4.69, 9.17) is 11.6 Å².